The fraction of sp³-hybridized carbons (Fsp3) is 0.459. The lowest BCUT2D eigenvalue weighted by Crippen LogP contribution is -2.13. The van der Waals surface area contributed by atoms with Gasteiger partial charge < -0.3 is 9.97 Å². The molecule has 8 bridgehead atoms. The number of halogens is 3. The van der Waals surface area contributed by atoms with Gasteiger partial charge in [-0.05, 0) is 165 Å². The normalized spacial score (nSPS) is 19.9. The van der Waals surface area contributed by atoms with E-state index in [2.05, 4.69) is 28.2 Å². The summed E-state index contributed by atoms with van der Waals surface area (Å²) in [5.41, 5.74) is 14.2. The molecule has 9 rings (SSSR count). The largest absolute Gasteiger partial charge is 0.420 e. The van der Waals surface area contributed by atoms with E-state index in [0.29, 0.717) is 24.2 Å². The predicted octanol–water partition coefficient (Wildman–Crippen LogP) is 10.1. The molecule has 5 heterocycles. The van der Waals surface area contributed by atoms with E-state index in [4.69, 9.17) is 9.97 Å². The van der Waals surface area contributed by atoms with Crippen molar-refractivity contribution in [2.45, 2.75) is 109 Å². The average Bonchev–Trinajstić information content (AvgIpc) is 3.76. The van der Waals surface area contributed by atoms with Gasteiger partial charge in [0, 0.05) is 22.1 Å². The van der Waals surface area contributed by atoms with Crippen LogP contribution in [0.1, 0.15) is 128 Å². The summed E-state index contributed by atoms with van der Waals surface area (Å²) in [5, 5.41) is 0. The topological polar surface area (TPSA) is 57.4 Å². The molecule has 0 saturated heterocycles. The maximum absolute atomic E-state index is 15.4. The summed E-state index contributed by atoms with van der Waals surface area (Å²) in [5.74, 6) is 0. The molecule has 0 saturated carbocycles. The number of nitrogens with zero attached hydrogens (tertiary/aromatic N) is 2. The van der Waals surface area contributed by atoms with E-state index >= 15 is 13.2 Å². The van der Waals surface area contributed by atoms with Gasteiger partial charge in [-0.3, -0.25) is 0 Å². The van der Waals surface area contributed by atoms with E-state index in [0.717, 1.165) is 134 Å². The van der Waals surface area contributed by atoms with Gasteiger partial charge in [0.25, 0.3) is 0 Å². The van der Waals surface area contributed by atoms with E-state index in [1.54, 1.807) is 0 Å². The summed E-state index contributed by atoms with van der Waals surface area (Å²) >= 11 is 0. The quantitative estimate of drug-likeness (QED) is 0.272. The Morgan fingerprint density at radius 1 is 0.455 bits per heavy atom. The highest BCUT2D eigenvalue weighted by molar-refractivity contribution is 5.98. The fourth-order valence-electron chi connectivity index (χ4n) is 8.94. The van der Waals surface area contributed by atoms with Crippen LogP contribution < -0.4 is 0 Å². The molecule has 6 aliphatic rings. The Kier molecular flexibility index (Phi) is 6.05. The Morgan fingerprint density at radius 2 is 0.795 bits per heavy atom. The lowest BCUT2D eigenvalue weighted by atomic mass is 9.86. The molecule has 7 heteroatoms. The molecule has 3 aromatic heterocycles. The molecule has 0 amide bonds. The maximum Gasteiger partial charge on any atom is 0.420 e. The lowest BCUT2D eigenvalue weighted by molar-refractivity contribution is -0.138. The van der Waals surface area contributed by atoms with Gasteiger partial charge in [0.05, 0.1) is 22.8 Å². The summed E-state index contributed by atoms with van der Waals surface area (Å²) in [6, 6.07) is 6.44. The van der Waals surface area contributed by atoms with Crippen LogP contribution >= 0.6 is 0 Å². The second kappa shape index (κ2) is 9.95. The summed E-state index contributed by atoms with van der Waals surface area (Å²) < 4.78 is 46.1. The first-order chi connectivity index (χ1) is 21.4. The van der Waals surface area contributed by atoms with Crippen LogP contribution in [0.2, 0.25) is 0 Å². The van der Waals surface area contributed by atoms with E-state index in [-0.39, 0.29) is 11.4 Å². The third-order valence-electron chi connectivity index (χ3n) is 11.0. The Morgan fingerprint density at radius 3 is 1.18 bits per heavy atom. The van der Waals surface area contributed by atoms with Crippen LogP contribution in [0.5, 0.6) is 0 Å². The zero-order valence-corrected chi connectivity index (χ0v) is 25.1. The first-order valence-corrected chi connectivity index (χ1v) is 16.8. The molecular formula is C37H37F3N4. The van der Waals surface area contributed by atoms with Crippen molar-refractivity contribution in [3.63, 3.8) is 0 Å². The van der Waals surface area contributed by atoms with E-state index in [1.165, 1.54) is 22.3 Å². The van der Waals surface area contributed by atoms with Crippen molar-refractivity contribution in [1.82, 2.24) is 19.9 Å². The molecular weight excluding hydrogens is 557 g/mol. The zero-order valence-electron chi connectivity index (χ0n) is 25.1. The van der Waals surface area contributed by atoms with Gasteiger partial charge in [-0.25, -0.2) is 9.97 Å². The molecule has 3 aromatic rings. The number of nitrogens with one attached hydrogen (secondary N) is 2. The van der Waals surface area contributed by atoms with Crippen LogP contribution in [-0.4, -0.2) is 19.9 Å². The van der Waals surface area contributed by atoms with Gasteiger partial charge in [-0.15, -0.1) is 0 Å². The van der Waals surface area contributed by atoms with Crippen LogP contribution in [0.25, 0.3) is 44.4 Å². The molecule has 4 aliphatic carbocycles. The number of hydrogen-bond donors (Lipinski definition) is 2. The van der Waals surface area contributed by atoms with E-state index < -0.39 is 11.7 Å². The highest BCUT2D eigenvalue weighted by atomic mass is 19.4. The molecule has 2 aliphatic heterocycles. The average molecular weight is 595 g/mol. The number of rotatable bonds is 0. The molecule has 0 atom stereocenters. The van der Waals surface area contributed by atoms with Crippen LogP contribution in [0.15, 0.2) is 18.2 Å². The summed E-state index contributed by atoms with van der Waals surface area (Å²) in [6.07, 6.45) is 10.5. The highest BCUT2D eigenvalue weighted by Crippen LogP contribution is 2.50. The standard InChI is InChI=1S/C37H37F3N4/c38-37(39,40)34-35-26-15-7-5-13-24(26)32(43-35)18-30-22-11-3-1-9-20(22)28(41-30)17-29-21-10-2-4-12-23(21)31(42-29)19-33-25-14-6-8-16-27(25)36(34)44-33/h17-19,41-42H,1-16H2. The third kappa shape index (κ3) is 4.10. The number of alkyl halides is 3. The van der Waals surface area contributed by atoms with Crippen molar-refractivity contribution in [3.05, 3.63) is 68.8 Å². The molecule has 44 heavy (non-hydrogen) atoms. The number of aromatic amines is 2. The zero-order chi connectivity index (χ0) is 29.6. The van der Waals surface area contributed by atoms with Crippen LogP contribution in [0, 0.1) is 0 Å². The monoisotopic (exact) mass is 594 g/mol. The maximum atomic E-state index is 15.4. The van der Waals surface area contributed by atoms with Gasteiger partial charge in [0.1, 0.15) is 5.56 Å². The van der Waals surface area contributed by atoms with Gasteiger partial charge in [-0.1, -0.05) is 0 Å². The minimum atomic E-state index is -4.56. The van der Waals surface area contributed by atoms with Crippen molar-refractivity contribution < 1.29 is 13.2 Å². The Labute approximate surface area is 254 Å². The number of allylic oxidation sites excluding steroid dienone is 4. The number of H-pyrrole nitrogens is 2. The molecule has 0 radical (unpaired) electrons. The second-order valence-electron chi connectivity index (χ2n) is 13.6. The number of aryl methyl sites for hydroxylation is 4. The van der Waals surface area contributed by atoms with Gasteiger partial charge >= 0.3 is 6.18 Å². The van der Waals surface area contributed by atoms with Gasteiger partial charge in [0.15, 0.2) is 0 Å². The van der Waals surface area contributed by atoms with Crippen molar-refractivity contribution in [2.24, 2.45) is 0 Å². The SMILES string of the molecule is FC(F)(F)c1c2nc(cc3[nH]c(cc4[nH]c(cc5nc1C1=C5CCCC1)c1c4CCCC1)c1c3CCCC1)C1=C2CCCC1. The summed E-state index contributed by atoms with van der Waals surface area (Å²) in [4.78, 5) is 17.3. The molecule has 0 spiro atoms. The lowest BCUT2D eigenvalue weighted by Gasteiger charge is -2.19. The summed E-state index contributed by atoms with van der Waals surface area (Å²) in [7, 11) is 0. The minimum Gasteiger partial charge on any atom is -0.355 e. The third-order valence-corrected chi connectivity index (χ3v) is 11.0. The first kappa shape index (κ1) is 26.8. The smallest absolute Gasteiger partial charge is 0.355 e. The molecule has 0 aromatic carbocycles. The van der Waals surface area contributed by atoms with Gasteiger partial charge in [-0.2, -0.15) is 13.2 Å². The number of hydrogen-bond acceptors (Lipinski definition) is 2. The van der Waals surface area contributed by atoms with Gasteiger partial charge in [0.2, 0.25) is 0 Å². The second-order valence-corrected chi connectivity index (χ2v) is 13.6. The number of fused-ring (bicyclic) bond motifs is 18. The Bertz CT molecular complexity index is 1830. The van der Waals surface area contributed by atoms with E-state index in [1.807, 2.05) is 0 Å². The number of aromatic nitrogens is 4. The van der Waals surface area contributed by atoms with Crippen molar-refractivity contribution in [1.29, 1.82) is 0 Å². The summed E-state index contributed by atoms with van der Waals surface area (Å²) in [6.45, 7) is 0. The van der Waals surface area contributed by atoms with Crippen molar-refractivity contribution in [3.8, 4) is 0 Å². The Hall–Kier alpha value is -3.61. The molecule has 4 nitrogen and oxygen atoms in total. The fourth-order valence-corrected chi connectivity index (χ4v) is 8.94. The van der Waals surface area contributed by atoms with Crippen molar-refractivity contribution in [2.75, 3.05) is 0 Å². The van der Waals surface area contributed by atoms with Crippen LogP contribution in [-0.2, 0) is 31.9 Å². The molecule has 226 valence electrons. The minimum absolute atomic E-state index is 0.120. The van der Waals surface area contributed by atoms with Crippen molar-refractivity contribution >= 4 is 44.4 Å². The first-order valence-electron chi connectivity index (χ1n) is 16.8. The van der Waals surface area contributed by atoms with E-state index in [9.17, 15) is 0 Å². The molecule has 0 fully saturated rings. The predicted molar refractivity (Wildman–Crippen MR) is 170 cm³/mol. The molecule has 2 N–H and O–H groups in total. The Balaban J connectivity index is 1.47. The van der Waals surface area contributed by atoms with Crippen LogP contribution in [0.3, 0.4) is 0 Å². The molecule has 0 unspecified atom stereocenters. The van der Waals surface area contributed by atoms with Crippen LogP contribution in [0.4, 0.5) is 13.2 Å². The highest BCUT2D eigenvalue weighted by Gasteiger charge is 2.43.